The van der Waals surface area contributed by atoms with Gasteiger partial charge in [0.15, 0.2) is 0 Å². The molecule has 112 valence electrons. The molecule has 0 saturated heterocycles. The van der Waals surface area contributed by atoms with Crippen molar-refractivity contribution in [3.8, 4) is 5.75 Å². The standard InChI is InChI=1S/C16H21N3O2/c1-12-5-3-4-6-16(12)21-11-15(20)10-17-8-14-9-18-13(2)7-19-14/h3-7,9,15,17,20H,8,10-11H2,1-2H3. The summed E-state index contributed by atoms with van der Waals surface area (Å²) in [6.07, 6.45) is 2.90. The molecule has 1 unspecified atom stereocenters. The van der Waals surface area contributed by atoms with Gasteiger partial charge in [0.2, 0.25) is 0 Å². The van der Waals surface area contributed by atoms with Crippen LogP contribution < -0.4 is 10.1 Å². The fourth-order valence-electron chi connectivity index (χ4n) is 1.84. The van der Waals surface area contributed by atoms with E-state index in [1.807, 2.05) is 38.1 Å². The van der Waals surface area contributed by atoms with Gasteiger partial charge in [0.25, 0.3) is 0 Å². The Hall–Kier alpha value is -1.98. The summed E-state index contributed by atoms with van der Waals surface area (Å²) in [7, 11) is 0. The first kappa shape index (κ1) is 15.4. The normalized spacial score (nSPS) is 12.1. The van der Waals surface area contributed by atoms with E-state index in [0.29, 0.717) is 13.1 Å². The van der Waals surface area contributed by atoms with Gasteiger partial charge in [-0.2, -0.15) is 0 Å². The van der Waals surface area contributed by atoms with Crippen molar-refractivity contribution < 1.29 is 9.84 Å². The van der Waals surface area contributed by atoms with Crippen molar-refractivity contribution in [2.45, 2.75) is 26.5 Å². The molecule has 0 aliphatic heterocycles. The molecule has 5 heteroatoms. The van der Waals surface area contributed by atoms with E-state index in [-0.39, 0.29) is 6.61 Å². The number of nitrogens with zero attached hydrogens (tertiary/aromatic N) is 2. The number of aryl methyl sites for hydroxylation is 2. The minimum Gasteiger partial charge on any atom is -0.491 e. The second-order valence-corrected chi connectivity index (χ2v) is 5.01. The predicted molar refractivity (Wildman–Crippen MR) is 81.2 cm³/mol. The number of aromatic nitrogens is 2. The lowest BCUT2D eigenvalue weighted by molar-refractivity contribution is 0.106. The van der Waals surface area contributed by atoms with E-state index in [4.69, 9.17) is 4.74 Å². The average Bonchev–Trinajstić information content (AvgIpc) is 2.48. The van der Waals surface area contributed by atoms with Crippen LogP contribution in [0.4, 0.5) is 0 Å². The van der Waals surface area contributed by atoms with Crippen LogP contribution in [0, 0.1) is 13.8 Å². The Kier molecular flexibility index (Phi) is 5.66. The summed E-state index contributed by atoms with van der Waals surface area (Å²) in [5, 5.41) is 13.0. The van der Waals surface area contributed by atoms with Crippen LogP contribution >= 0.6 is 0 Å². The molecule has 21 heavy (non-hydrogen) atoms. The van der Waals surface area contributed by atoms with E-state index in [1.165, 1.54) is 0 Å². The lowest BCUT2D eigenvalue weighted by atomic mass is 10.2. The van der Waals surface area contributed by atoms with Crippen LogP contribution in [0.1, 0.15) is 17.0 Å². The van der Waals surface area contributed by atoms with Gasteiger partial charge in [0.05, 0.1) is 11.4 Å². The number of aliphatic hydroxyl groups excluding tert-OH is 1. The molecule has 0 aliphatic carbocycles. The van der Waals surface area contributed by atoms with Crippen molar-refractivity contribution in [2.75, 3.05) is 13.2 Å². The molecule has 2 rings (SSSR count). The number of rotatable bonds is 7. The first-order valence-corrected chi connectivity index (χ1v) is 7.00. The molecule has 2 N–H and O–H groups in total. The molecule has 0 amide bonds. The minimum absolute atomic E-state index is 0.261. The Morgan fingerprint density at radius 3 is 2.71 bits per heavy atom. The van der Waals surface area contributed by atoms with Crippen molar-refractivity contribution in [2.24, 2.45) is 0 Å². The zero-order valence-corrected chi connectivity index (χ0v) is 12.4. The second kappa shape index (κ2) is 7.71. The van der Waals surface area contributed by atoms with Gasteiger partial charge in [0, 0.05) is 25.5 Å². The first-order valence-electron chi connectivity index (χ1n) is 7.00. The second-order valence-electron chi connectivity index (χ2n) is 5.01. The largest absolute Gasteiger partial charge is 0.491 e. The van der Waals surface area contributed by atoms with Gasteiger partial charge in [-0.15, -0.1) is 0 Å². The Morgan fingerprint density at radius 1 is 1.19 bits per heavy atom. The smallest absolute Gasteiger partial charge is 0.122 e. The van der Waals surface area contributed by atoms with Gasteiger partial charge >= 0.3 is 0 Å². The summed E-state index contributed by atoms with van der Waals surface area (Å²) in [6.45, 7) is 5.17. The van der Waals surface area contributed by atoms with Crippen LogP contribution in [0.2, 0.25) is 0 Å². The Bertz CT molecular complexity index is 558. The molecule has 0 aliphatic rings. The highest BCUT2D eigenvalue weighted by atomic mass is 16.5. The number of aliphatic hydroxyl groups is 1. The van der Waals surface area contributed by atoms with Crippen molar-refractivity contribution in [1.29, 1.82) is 0 Å². The van der Waals surface area contributed by atoms with E-state index in [1.54, 1.807) is 12.4 Å². The van der Waals surface area contributed by atoms with Gasteiger partial charge in [-0.05, 0) is 25.5 Å². The van der Waals surface area contributed by atoms with Crippen LogP contribution in [-0.4, -0.2) is 34.3 Å². The molecule has 2 aromatic rings. The fourth-order valence-corrected chi connectivity index (χ4v) is 1.84. The molecular formula is C16H21N3O2. The molecule has 1 aromatic carbocycles. The van der Waals surface area contributed by atoms with E-state index < -0.39 is 6.10 Å². The highest BCUT2D eigenvalue weighted by molar-refractivity contribution is 5.31. The van der Waals surface area contributed by atoms with Gasteiger partial charge in [0.1, 0.15) is 18.5 Å². The fraction of sp³-hybridized carbons (Fsp3) is 0.375. The van der Waals surface area contributed by atoms with E-state index in [9.17, 15) is 5.11 Å². The van der Waals surface area contributed by atoms with Crippen LogP contribution in [0.25, 0.3) is 0 Å². The summed E-state index contributed by atoms with van der Waals surface area (Å²) in [4.78, 5) is 8.42. The Labute approximate surface area is 125 Å². The molecule has 1 heterocycles. The third-order valence-electron chi connectivity index (χ3n) is 3.05. The molecule has 0 radical (unpaired) electrons. The topological polar surface area (TPSA) is 67.3 Å². The Morgan fingerprint density at radius 2 is 2.00 bits per heavy atom. The lowest BCUT2D eigenvalue weighted by Gasteiger charge is -2.14. The summed E-state index contributed by atoms with van der Waals surface area (Å²) in [6, 6.07) is 7.76. The maximum Gasteiger partial charge on any atom is 0.122 e. The van der Waals surface area contributed by atoms with E-state index in [0.717, 1.165) is 22.7 Å². The molecule has 1 aromatic heterocycles. The molecule has 1 atom stereocenters. The molecule has 0 spiro atoms. The third kappa shape index (κ3) is 5.13. The number of para-hydroxylation sites is 1. The monoisotopic (exact) mass is 287 g/mol. The summed E-state index contributed by atoms with van der Waals surface area (Å²) in [5.74, 6) is 0.806. The molecular weight excluding hydrogens is 266 g/mol. The summed E-state index contributed by atoms with van der Waals surface area (Å²) < 4.78 is 5.60. The van der Waals surface area contributed by atoms with Gasteiger partial charge in [-0.25, -0.2) is 0 Å². The summed E-state index contributed by atoms with van der Waals surface area (Å²) in [5.41, 5.74) is 2.81. The van der Waals surface area contributed by atoms with Crippen molar-refractivity contribution in [3.63, 3.8) is 0 Å². The number of hydrogen-bond donors (Lipinski definition) is 2. The van der Waals surface area contributed by atoms with Gasteiger partial charge in [-0.1, -0.05) is 18.2 Å². The molecule has 0 fully saturated rings. The number of nitrogens with one attached hydrogen (secondary N) is 1. The SMILES string of the molecule is Cc1cnc(CNCC(O)COc2ccccc2C)cn1. The van der Waals surface area contributed by atoms with Gasteiger partial charge < -0.3 is 15.2 Å². The van der Waals surface area contributed by atoms with Crippen molar-refractivity contribution >= 4 is 0 Å². The highest BCUT2D eigenvalue weighted by Crippen LogP contribution is 2.16. The lowest BCUT2D eigenvalue weighted by Crippen LogP contribution is -2.31. The third-order valence-corrected chi connectivity index (χ3v) is 3.05. The molecule has 0 saturated carbocycles. The maximum atomic E-state index is 9.90. The van der Waals surface area contributed by atoms with E-state index in [2.05, 4.69) is 15.3 Å². The zero-order chi connectivity index (χ0) is 15.1. The average molecular weight is 287 g/mol. The number of hydrogen-bond acceptors (Lipinski definition) is 5. The molecule has 0 bridgehead atoms. The summed E-state index contributed by atoms with van der Waals surface area (Å²) >= 11 is 0. The zero-order valence-electron chi connectivity index (χ0n) is 12.4. The van der Waals surface area contributed by atoms with Crippen LogP contribution in [0.15, 0.2) is 36.7 Å². The number of ether oxygens (including phenoxy) is 1. The molecule has 5 nitrogen and oxygen atoms in total. The van der Waals surface area contributed by atoms with Crippen LogP contribution in [-0.2, 0) is 6.54 Å². The van der Waals surface area contributed by atoms with Crippen molar-refractivity contribution in [3.05, 3.63) is 53.6 Å². The van der Waals surface area contributed by atoms with Crippen LogP contribution in [0.3, 0.4) is 0 Å². The Balaban J connectivity index is 1.69. The predicted octanol–water partition coefficient (Wildman–Crippen LogP) is 1.62. The quantitative estimate of drug-likeness (QED) is 0.810. The highest BCUT2D eigenvalue weighted by Gasteiger charge is 2.06. The minimum atomic E-state index is -0.567. The maximum absolute atomic E-state index is 9.90. The first-order chi connectivity index (χ1) is 10.1. The van der Waals surface area contributed by atoms with Gasteiger partial charge in [-0.3, -0.25) is 9.97 Å². The van der Waals surface area contributed by atoms with Crippen molar-refractivity contribution in [1.82, 2.24) is 15.3 Å². The number of benzene rings is 1. The van der Waals surface area contributed by atoms with E-state index >= 15 is 0 Å². The van der Waals surface area contributed by atoms with Crippen LogP contribution in [0.5, 0.6) is 5.75 Å².